The van der Waals surface area contributed by atoms with Crippen LogP contribution in [0.2, 0.25) is 0 Å². The summed E-state index contributed by atoms with van der Waals surface area (Å²) in [5.41, 5.74) is 4.98. The summed E-state index contributed by atoms with van der Waals surface area (Å²) < 4.78 is 1.95. The highest BCUT2D eigenvalue weighted by Gasteiger charge is 2.13. The molecule has 26 heavy (non-hydrogen) atoms. The van der Waals surface area contributed by atoms with E-state index in [4.69, 9.17) is 4.99 Å². The van der Waals surface area contributed by atoms with Gasteiger partial charge in [0.2, 0.25) is 0 Å². The van der Waals surface area contributed by atoms with Gasteiger partial charge in [-0.3, -0.25) is 9.67 Å². The molecule has 0 aliphatic heterocycles. The Balaban J connectivity index is 0.00000338. The summed E-state index contributed by atoms with van der Waals surface area (Å²) in [6.45, 7) is 10.1. The van der Waals surface area contributed by atoms with Gasteiger partial charge in [-0.05, 0) is 51.7 Å². The Bertz CT molecular complexity index is 694. The lowest BCUT2D eigenvalue weighted by Crippen LogP contribution is -2.43. The highest BCUT2D eigenvalue weighted by atomic mass is 127. The lowest BCUT2D eigenvalue weighted by molar-refractivity contribution is 0.635. The molecule has 0 bridgehead atoms. The highest BCUT2D eigenvalue weighted by Crippen LogP contribution is 2.14. The molecule has 0 aliphatic rings. The molecular formula is C20H32IN5. The van der Waals surface area contributed by atoms with Crippen LogP contribution in [0.4, 0.5) is 0 Å². The van der Waals surface area contributed by atoms with Gasteiger partial charge in [0.15, 0.2) is 5.96 Å². The lowest BCUT2D eigenvalue weighted by atomic mass is 10.1. The van der Waals surface area contributed by atoms with Crippen LogP contribution in [0.1, 0.15) is 36.4 Å². The van der Waals surface area contributed by atoms with Gasteiger partial charge in [-0.2, -0.15) is 5.10 Å². The maximum Gasteiger partial charge on any atom is 0.191 e. The van der Waals surface area contributed by atoms with Gasteiger partial charge >= 0.3 is 0 Å². The second-order valence-corrected chi connectivity index (χ2v) is 6.52. The first-order chi connectivity index (χ1) is 12.0. The molecule has 0 radical (unpaired) electrons. The van der Waals surface area contributed by atoms with Crippen LogP contribution in [0, 0.1) is 13.8 Å². The van der Waals surface area contributed by atoms with Crippen LogP contribution in [0.3, 0.4) is 0 Å². The molecule has 0 spiro atoms. The zero-order valence-electron chi connectivity index (χ0n) is 16.5. The molecule has 0 saturated carbocycles. The van der Waals surface area contributed by atoms with Crippen LogP contribution < -0.4 is 10.6 Å². The summed E-state index contributed by atoms with van der Waals surface area (Å²) in [5.74, 6) is 0.880. The van der Waals surface area contributed by atoms with Crippen molar-refractivity contribution in [2.24, 2.45) is 12.0 Å². The third-order valence-corrected chi connectivity index (χ3v) is 4.41. The third kappa shape index (κ3) is 6.63. The second kappa shape index (κ2) is 11.2. The van der Waals surface area contributed by atoms with Crippen molar-refractivity contribution < 1.29 is 0 Å². The molecule has 2 N–H and O–H groups in total. The Labute approximate surface area is 174 Å². The Hall–Kier alpha value is -1.57. The Morgan fingerprint density at radius 1 is 1.23 bits per heavy atom. The number of hydrogen-bond donors (Lipinski definition) is 2. The van der Waals surface area contributed by atoms with Gasteiger partial charge < -0.3 is 10.6 Å². The van der Waals surface area contributed by atoms with E-state index in [1.807, 2.05) is 17.8 Å². The van der Waals surface area contributed by atoms with E-state index in [9.17, 15) is 0 Å². The van der Waals surface area contributed by atoms with Gasteiger partial charge in [0.25, 0.3) is 0 Å². The van der Waals surface area contributed by atoms with Crippen LogP contribution in [0.15, 0.2) is 35.3 Å². The molecule has 0 saturated heterocycles. The van der Waals surface area contributed by atoms with E-state index < -0.39 is 0 Å². The molecule has 1 aromatic heterocycles. The minimum atomic E-state index is 0. The van der Waals surface area contributed by atoms with E-state index in [1.165, 1.54) is 16.8 Å². The maximum atomic E-state index is 4.71. The van der Waals surface area contributed by atoms with Crippen molar-refractivity contribution in [2.75, 3.05) is 13.1 Å². The molecule has 2 rings (SSSR count). The van der Waals surface area contributed by atoms with Crippen LogP contribution in [-0.2, 0) is 19.9 Å². The van der Waals surface area contributed by atoms with Crippen LogP contribution in [0.5, 0.6) is 0 Å². The number of halogens is 1. The predicted molar refractivity (Wildman–Crippen MR) is 121 cm³/mol. The SMILES string of the molecule is CCNC(=NCCc1ccccc1)NC(C)Cc1c(C)nn(C)c1C.I. The monoisotopic (exact) mass is 469 g/mol. The number of benzene rings is 1. The number of rotatable bonds is 7. The van der Waals surface area contributed by atoms with Crippen molar-refractivity contribution in [1.82, 2.24) is 20.4 Å². The average molecular weight is 469 g/mol. The van der Waals surface area contributed by atoms with Crippen molar-refractivity contribution in [3.63, 3.8) is 0 Å². The molecule has 1 unspecified atom stereocenters. The van der Waals surface area contributed by atoms with E-state index in [0.717, 1.165) is 37.6 Å². The van der Waals surface area contributed by atoms with Gasteiger partial charge in [-0.25, -0.2) is 0 Å². The first kappa shape index (κ1) is 22.5. The number of guanidine groups is 1. The smallest absolute Gasteiger partial charge is 0.191 e. The average Bonchev–Trinajstić information content (AvgIpc) is 2.82. The fraction of sp³-hybridized carbons (Fsp3) is 0.500. The molecule has 1 aromatic carbocycles. The van der Waals surface area contributed by atoms with Gasteiger partial charge in [0.05, 0.1) is 5.69 Å². The summed E-state index contributed by atoms with van der Waals surface area (Å²) >= 11 is 0. The molecule has 5 nitrogen and oxygen atoms in total. The summed E-state index contributed by atoms with van der Waals surface area (Å²) in [6, 6.07) is 10.8. The Morgan fingerprint density at radius 2 is 1.92 bits per heavy atom. The normalized spacial score (nSPS) is 12.4. The van der Waals surface area contributed by atoms with Gasteiger partial charge in [0.1, 0.15) is 0 Å². The number of aryl methyl sites for hydroxylation is 2. The molecule has 1 atom stereocenters. The van der Waals surface area contributed by atoms with E-state index in [-0.39, 0.29) is 30.0 Å². The molecule has 2 aromatic rings. The fourth-order valence-electron chi connectivity index (χ4n) is 2.96. The predicted octanol–water partition coefficient (Wildman–Crippen LogP) is 3.38. The number of aromatic nitrogens is 2. The van der Waals surface area contributed by atoms with Crippen LogP contribution in [-0.4, -0.2) is 34.9 Å². The van der Waals surface area contributed by atoms with E-state index in [0.29, 0.717) is 0 Å². The minimum Gasteiger partial charge on any atom is -0.357 e. The number of hydrogen-bond acceptors (Lipinski definition) is 2. The fourth-order valence-corrected chi connectivity index (χ4v) is 2.96. The Kier molecular flexibility index (Phi) is 9.69. The topological polar surface area (TPSA) is 54.2 Å². The van der Waals surface area contributed by atoms with Crippen LogP contribution >= 0.6 is 24.0 Å². The summed E-state index contributed by atoms with van der Waals surface area (Å²) in [5, 5.41) is 11.4. The summed E-state index contributed by atoms with van der Waals surface area (Å²) in [6.07, 6.45) is 1.89. The highest BCUT2D eigenvalue weighted by molar-refractivity contribution is 14.0. The number of nitrogens with zero attached hydrogens (tertiary/aromatic N) is 3. The lowest BCUT2D eigenvalue weighted by Gasteiger charge is -2.18. The molecule has 0 amide bonds. The second-order valence-electron chi connectivity index (χ2n) is 6.52. The minimum absolute atomic E-state index is 0. The first-order valence-corrected chi connectivity index (χ1v) is 9.09. The largest absolute Gasteiger partial charge is 0.357 e. The molecule has 0 aliphatic carbocycles. The molecule has 144 valence electrons. The standard InChI is InChI=1S/C20H31N5.HI/c1-6-21-20(22-13-12-18-10-8-7-9-11-18)23-15(2)14-19-16(3)24-25(5)17(19)4;/h7-11,15H,6,12-14H2,1-5H3,(H2,21,22,23);1H. The molecular weight excluding hydrogens is 437 g/mol. The quantitative estimate of drug-likeness (QED) is 0.372. The molecule has 6 heteroatoms. The van der Waals surface area contributed by atoms with Gasteiger partial charge in [-0.15, -0.1) is 24.0 Å². The van der Waals surface area contributed by atoms with Gasteiger partial charge in [0, 0.05) is 31.9 Å². The zero-order chi connectivity index (χ0) is 18.2. The van der Waals surface area contributed by atoms with E-state index in [1.54, 1.807) is 0 Å². The Morgan fingerprint density at radius 3 is 2.50 bits per heavy atom. The summed E-state index contributed by atoms with van der Waals surface area (Å²) in [4.78, 5) is 4.71. The molecule has 0 fully saturated rings. The maximum absolute atomic E-state index is 4.71. The first-order valence-electron chi connectivity index (χ1n) is 9.09. The van der Waals surface area contributed by atoms with Crippen molar-refractivity contribution in [3.05, 3.63) is 52.8 Å². The van der Waals surface area contributed by atoms with Crippen molar-refractivity contribution >= 4 is 29.9 Å². The van der Waals surface area contributed by atoms with E-state index in [2.05, 4.69) is 67.7 Å². The van der Waals surface area contributed by atoms with Crippen molar-refractivity contribution in [2.45, 2.75) is 46.6 Å². The van der Waals surface area contributed by atoms with Crippen molar-refractivity contribution in [1.29, 1.82) is 0 Å². The number of nitrogens with one attached hydrogen (secondary N) is 2. The van der Waals surface area contributed by atoms with Crippen molar-refractivity contribution in [3.8, 4) is 0 Å². The zero-order valence-corrected chi connectivity index (χ0v) is 18.9. The van der Waals surface area contributed by atoms with Gasteiger partial charge in [-0.1, -0.05) is 30.3 Å². The number of aliphatic imine (C=N–C) groups is 1. The third-order valence-electron chi connectivity index (χ3n) is 4.41. The van der Waals surface area contributed by atoms with E-state index >= 15 is 0 Å². The molecule has 1 heterocycles. The van der Waals surface area contributed by atoms with Crippen LogP contribution in [0.25, 0.3) is 0 Å². The summed E-state index contributed by atoms with van der Waals surface area (Å²) in [7, 11) is 2.00.